The van der Waals surface area contributed by atoms with Crippen molar-refractivity contribution in [2.75, 3.05) is 19.3 Å². The van der Waals surface area contributed by atoms with Gasteiger partial charge < -0.3 is 9.51 Å². The SMILES string of the molecule is CC.CS.FC(F)(F)c1ccc(-c2cnc(C3CCN(Cc4noc(-c5cccc(C(F)(F)F)c5)n4)CC3)[nH]2)cc1. The Bertz CT molecular complexity index is 1360. The molecular formula is C28H31F6N5OS. The molecule has 222 valence electrons. The van der Waals surface area contributed by atoms with Crippen molar-refractivity contribution in [3.8, 4) is 22.7 Å². The third-order valence-corrected chi connectivity index (χ3v) is 6.36. The van der Waals surface area contributed by atoms with Crippen molar-refractivity contribution in [1.29, 1.82) is 0 Å². The van der Waals surface area contributed by atoms with E-state index >= 15 is 0 Å². The zero-order valence-corrected chi connectivity index (χ0v) is 23.6. The second-order valence-corrected chi connectivity index (χ2v) is 8.90. The van der Waals surface area contributed by atoms with Gasteiger partial charge in [0.2, 0.25) is 0 Å². The molecule has 41 heavy (non-hydrogen) atoms. The zero-order chi connectivity index (χ0) is 30.2. The molecule has 0 bridgehead atoms. The molecule has 1 aliphatic heterocycles. The van der Waals surface area contributed by atoms with Crippen LogP contribution in [0.4, 0.5) is 26.3 Å². The fourth-order valence-electron chi connectivity index (χ4n) is 4.36. The molecule has 1 saturated heterocycles. The topological polar surface area (TPSA) is 70.8 Å². The molecule has 2 aromatic carbocycles. The van der Waals surface area contributed by atoms with Gasteiger partial charge in [-0.3, -0.25) is 4.90 Å². The van der Waals surface area contributed by atoms with Crippen LogP contribution in [0.5, 0.6) is 0 Å². The lowest BCUT2D eigenvalue weighted by Gasteiger charge is -2.30. The largest absolute Gasteiger partial charge is 0.416 e. The summed E-state index contributed by atoms with van der Waals surface area (Å²) < 4.78 is 82.5. The van der Waals surface area contributed by atoms with Gasteiger partial charge in [-0.2, -0.15) is 44.0 Å². The van der Waals surface area contributed by atoms with Crippen molar-refractivity contribution in [1.82, 2.24) is 25.0 Å². The van der Waals surface area contributed by atoms with E-state index in [9.17, 15) is 26.3 Å². The summed E-state index contributed by atoms with van der Waals surface area (Å²) in [4.78, 5) is 14.0. The Morgan fingerprint density at radius 2 is 1.54 bits per heavy atom. The van der Waals surface area contributed by atoms with E-state index < -0.39 is 23.5 Å². The Balaban J connectivity index is 0.00000111. The summed E-state index contributed by atoms with van der Waals surface area (Å²) in [7, 11) is 0. The molecular weight excluding hydrogens is 568 g/mol. The number of imidazole rings is 1. The normalized spacial score (nSPS) is 14.6. The third-order valence-electron chi connectivity index (χ3n) is 6.36. The minimum absolute atomic E-state index is 0.0300. The number of rotatable bonds is 5. The molecule has 4 aromatic rings. The number of benzene rings is 2. The van der Waals surface area contributed by atoms with E-state index in [1.165, 1.54) is 24.3 Å². The first-order chi connectivity index (χ1) is 19.6. The lowest BCUT2D eigenvalue weighted by molar-refractivity contribution is -0.138. The summed E-state index contributed by atoms with van der Waals surface area (Å²) >= 11 is 3.53. The number of aromatic nitrogens is 4. The quantitative estimate of drug-likeness (QED) is 0.179. The first-order valence-electron chi connectivity index (χ1n) is 13.0. The number of H-pyrrole nitrogens is 1. The predicted octanol–water partition coefficient (Wildman–Crippen LogP) is 8.12. The smallest absolute Gasteiger partial charge is 0.342 e. The van der Waals surface area contributed by atoms with Gasteiger partial charge in [0.05, 0.1) is 29.6 Å². The highest BCUT2D eigenvalue weighted by Gasteiger charge is 2.31. The minimum Gasteiger partial charge on any atom is -0.342 e. The van der Waals surface area contributed by atoms with Crippen LogP contribution < -0.4 is 0 Å². The van der Waals surface area contributed by atoms with Crippen molar-refractivity contribution in [2.24, 2.45) is 0 Å². The van der Waals surface area contributed by atoms with Crippen molar-refractivity contribution in [2.45, 2.75) is 51.5 Å². The molecule has 5 rings (SSSR count). The number of alkyl halides is 6. The maximum atomic E-state index is 13.0. The summed E-state index contributed by atoms with van der Waals surface area (Å²) in [6.07, 6.45) is -3.95. The maximum absolute atomic E-state index is 13.0. The van der Waals surface area contributed by atoms with Gasteiger partial charge in [0.15, 0.2) is 5.82 Å². The number of hydrogen-bond acceptors (Lipinski definition) is 6. The zero-order valence-electron chi connectivity index (χ0n) is 22.7. The van der Waals surface area contributed by atoms with Crippen molar-refractivity contribution in [3.05, 3.63) is 77.5 Å². The van der Waals surface area contributed by atoms with E-state index in [2.05, 4.69) is 37.6 Å². The molecule has 0 radical (unpaired) electrons. The molecule has 6 nitrogen and oxygen atoms in total. The molecule has 0 atom stereocenters. The van der Waals surface area contributed by atoms with Gasteiger partial charge in [-0.15, -0.1) is 0 Å². The number of nitrogens with one attached hydrogen (secondary N) is 1. The van der Waals surface area contributed by atoms with Crippen molar-refractivity contribution in [3.63, 3.8) is 0 Å². The van der Waals surface area contributed by atoms with Crippen molar-refractivity contribution < 1.29 is 30.9 Å². The van der Waals surface area contributed by atoms with E-state index in [1.54, 1.807) is 12.5 Å². The molecule has 1 aliphatic rings. The first kappa shape index (κ1) is 32.2. The van der Waals surface area contributed by atoms with Gasteiger partial charge in [0, 0.05) is 11.5 Å². The van der Waals surface area contributed by atoms with E-state index in [-0.39, 0.29) is 17.4 Å². The molecule has 13 heteroatoms. The Labute approximate surface area is 239 Å². The Kier molecular flexibility index (Phi) is 11.0. The number of aromatic amines is 1. The van der Waals surface area contributed by atoms with E-state index in [0.29, 0.717) is 36.7 Å². The van der Waals surface area contributed by atoms with Crippen molar-refractivity contribution >= 4 is 12.6 Å². The fraction of sp³-hybridized carbons (Fsp3) is 0.393. The van der Waals surface area contributed by atoms with E-state index in [1.807, 2.05) is 13.8 Å². The van der Waals surface area contributed by atoms with Gasteiger partial charge in [-0.05, 0) is 68.1 Å². The van der Waals surface area contributed by atoms with Gasteiger partial charge in [0.25, 0.3) is 5.89 Å². The van der Waals surface area contributed by atoms with Crippen LogP contribution in [0.2, 0.25) is 0 Å². The highest BCUT2D eigenvalue weighted by molar-refractivity contribution is 7.79. The lowest BCUT2D eigenvalue weighted by atomic mass is 9.96. The predicted molar refractivity (Wildman–Crippen MR) is 147 cm³/mol. The van der Waals surface area contributed by atoms with Gasteiger partial charge in [-0.25, -0.2) is 4.98 Å². The van der Waals surface area contributed by atoms with E-state index in [0.717, 1.165) is 42.9 Å². The van der Waals surface area contributed by atoms with Crippen LogP contribution in [0.25, 0.3) is 22.7 Å². The number of piperidine rings is 1. The van der Waals surface area contributed by atoms with Crippen LogP contribution in [0.1, 0.15) is 55.4 Å². The molecule has 3 heterocycles. The van der Waals surface area contributed by atoms with E-state index in [4.69, 9.17) is 4.52 Å². The average molecular weight is 600 g/mol. The van der Waals surface area contributed by atoms with Crippen LogP contribution in [0, 0.1) is 0 Å². The van der Waals surface area contributed by atoms with Crippen LogP contribution in [0.3, 0.4) is 0 Å². The van der Waals surface area contributed by atoms with Gasteiger partial charge >= 0.3 is 12.4 Å². The van der Waals surface area contributed by atoms with Gasteiger partial charge in [-0.1, -0.05) is 37.2 Å². The molecule has 1 fully saturated rings. The highest BCUT2D eigenvalue weighted by atomic mass is 32.1. The Morgan fingerprint density at radius 3 is 2.15 bits per heavy atom. The summed E-state index contributed by atoms with van der Waals surface area (Å²) in [5.74, 6) is 1.35. The van der Waals surface area contributed by atoms with Crippen LogP contribution in [-0.2, 0) is 18.9 Å². The standard InChI is InChI=1S/C25H21F6N5O.C2H6.CH4S/c26-24(27,28)18-6-4-15(5-7-18)20-13-32-22(33-20)16-8-10-36(11-9-16)14-21-34-23(37-35-21)17-2-1-3-19(12-17)25(29,30)31;2*1-2/h1-7,12-13,16H,8-11,14H2,(H,32,33);1-2H3;2H,1H3. The Morgan fingerprint density at radius 1 is 0.902 bits per heavy atom. The van der Waals surface area contributed by atoms with Crippen LogP contribution in [0.15, 0.2) is 59.3 Å². The van der Waals surface area contributed by atoms with Crippen LogP contribution in [-0.4, -0.2) is 44.4 Å². The molecule has 0 spiro atoms. The van der Waals surface area contributed by atoms with Gasteiger partial charge in [0.1, 0.15) is 5.82 Å². The molecule has 2 aromatic heterocycles. The lowest BCUT2D eigenvalue weighted by Crippen LogP contribution is -2.33. The average Bonchev–Trinajstić information content (AvgIpc) is 3.66. The first-order valence-corrected chi connectivity index (χ1v) is 13.9. The molecule has 0 unspecified atom stereocenters. The van der Waals surface area contributed by atoms with Crippen LogP contribution >= 0.6 is 12.6 Å². The summed E-state index contributed by atoms with van der Waals surface area (Å²) in [5, 5.41) is 3.92. The summed E-state index contributed by atoms with van der Waals surface area (Å²) in [5.41, 5.74) is -0.00923. The highest BCUT2D eigenvalue weighted by Crippen LogP contribution is 2.33. The Hall–Kier alpha value is -3.32. The maximum Gasteiger partial charge on any atom is 0.416 e. The monoisotopic (exact) mass is 599 g/mol. The summed E-state index contributed by atoms with van der Waals surface area (Å²) in [6.45, 7) is 5.83. The molecule has 1 N–H and O–H groups in total. The number of halogens is 6. The second kappa shape index (κ2) is 14.0. The third kappa shape index (κ3) is 8.35. The molecule has 0 saturated carbocycles. The molecule has 0 aliphatic carbocycles. The fourth-order valence-corrected chi connectivity index (χ4v) is 4.36. The number of likely N-dealkylation sites (tertiary alicyclic amines) is 1. The number of thiol groups is 1. The minimum atomic E-state index is -4.46. The summed E-state index contributed by atoms with van der Waals surface area (Å²) in [6, 6.07) is 9.67. The number of nitrogens with zero attached hydrogens (tertiary/aromatic N) is 4. The molecule has 0 amide bonds. The number of hydrogen-bond donors (Lipinski definition) is 2. The second-order valence-electron chi connectivity index (χ2n) is 8.90.